The summed E-state index contributed by atoms with van der Waals surface area (Å²) in [7, 11) is -3.67. The number of primary sulfonamides is 1. The molecule has 4 nitrogen and oxygen atoms in total. The number of allylic oxidation sites excluding steroid dienone is 1. The first-order chi connectivity index (χ1) is 7.05. The minimum absolute atomic E-state index is 0.0492. The normalized spacial score (nSPS) is 10.9. The van der Waals surface area contributed by atoms with Crippen molar-refractivity contribution in [2.45, 2.75) is 25.7 Å². The van der Waals surface area contributed by atoms with Crippen LogP contribution in [0.4, 0.5) is 0 Å². The first-order valence-electron chi connectivity index (χ1n) is 4.66. The molecule has 0 aliphatic rings. The van der Waals surface area contributed by atoms with Gasteiger partial charge in [-0.2, -0.15) is 0 Å². The Labute approximate surface area is 90.9 Å². The Morgan fingerprint density at radius 1 is 1.40 bits per heavy atom. The van der Waals surface area contributed by atoms with Gasteiger partial charge in [-0.3, -0.25) is 4.98 Å². The second-order valence-corrected chi connectivity index (χ2v) is 3.96. The number of hydrogen-bond donors (Lipinski definition) is 1. The van der Waals surface area contributed by atoms with E-state index in [0.29, 0.717) is 5.69 Å². The molecule has 5 heteroatoms. The molecule has 0 radical (unpaired) electrons. The molecular weight excluding hydrogens is 212 g/mol. The number of hydrogen-bond acceptors (Lipinski definition) is 3. The van der Waals surface area contributed by atoms with E-state index < -0.39 is 10.0 Å². The van der Waals surface area contributed by atoms with Crippen molar-refractivity contribution in [1.82, 2.24) is 4.98 Å². The Kier molecular flexibility index (Phi) is 5.81. The molecular formula is C10H16N2O2S. The van der Waals surface area contributed by atoms with Gasteiger partial charge in [0.25, 0.3) is 0 Å². The van der Waals surface area contributed by atoms with E-state index in [1.165, 1.54) is 18.3 Å². The van der Waals surface area contributed by atoms with E-state index in [0.717, 1.165) is 0 Å². The zero-order valence-corrected chi connectivity index (χ0v) is 9.95. The molecule has 1 aromatic rings. The molecule has 1 heterocycles. The van der Waals surface area contributed by atoms with Crippen molar-refractivity contribution >= 4 is 16.1 Å². The monoisotopic (exact) mass is 228 g/mol. The highest BCUT2D eigenvalue weighted by molar-refractivity contribution is 7.89. The lowest BCUT2D eigenvalue weighted by molar-refractivity contribution is 0.597. The van der Waals surface area contributed by atoms with Crippen LogP contribution in [-0.4, -0.2) is 13.4 Å². The Bertz CT molecular complexity index is 425. The molecule has 0 aliphatic heterocycles. The molecule has 0 bridgehead atoms. The maximum atomic E-state index is 11.0. The first-order valence-corrected chi connectivity index (χ1v) is 6.21. The minimum atomic E-state index is -3.67. The van der Waals surface area contributed by atoms with Crippen LogP contribution < -0.4 is 5.14 Å². The third-order valence-electron chi connectivity index (χ3n) is 1.43. The van der Waals surface area contributed by atoms with Crippen molar-refractivity contribution in [1.29, 1.82) is 0 Å². The number of sulfonamides is 1. The predicted octanol–water partition coefficient (Wildman–Crippen LogP) is 1.79. The first kappa shape index (κ1) is 13.8. The van der Waals surface area contributed by atoms with Crippen molar-refractivity contribution in [3.8, 4) is 0 Å². The van der Waals surface area contributed by atoms with E-state index >= 15 is 0 Å². The van der Waals surface area contributed by atoms with E-state index in [1.807, 2.05) is 13.8 Å². The summed E-state index contributed by atoms with van der Waals surface area (Å²) in [5.74, 6) is 0. The van der Waals surface area contributed by atoms with Crippen LogP contribution in [-0.2, 0) is 10.0 Å². The standard InChI is InChI=1S/C8H10N2O2S.C2H6/c1-2-4-7-8(13(9,11)12)5-3-6-10-7;1-2/h2-6H,1H3,(H2,9,11,12);1-2H3/b4-2+;. The average Bonchev–Trinajstić information content (AvgIpc) is 2.21. The summed E-state index contributed by atoms with van der Waals surface area (Å²) in [6.45, 7) is 5.78. The summed E-state index contributed by atoms with van der Waals surface area (Å²) in [5, 5.41) is 4.99. The van der Waals surface area contributed by atoms with Crippen LogP contribution in [0.1, 0.15) is 26.5 Å². The average molecular weight is 228 g/mol. The number of pyridine rings is 1. The fraction of sp³-hybridized carbons (Fsp3) is 0.300. The fourth-order valence-electron chi connectivity index (χ4n) is 0.926. The number of nitrogens with zero attached hydrogens (tertiary/aromatic N) is 1. The summed E-state index contributed by atoms with van der Waals surface area (Å²) in [5.41, 5.74) is 0.368. The van der Waals surface area contributed by atoms with Crippen LogP contribution in [0, 0.1) is 0 Å². The van der Waals surface area contributed by atoms with Gasteiger partial charge in [0.2, 0.25) is 10.0 Å². The lowest BCUT2D eigenvalue weighted by Gasteiger charge is -2.00. The molecule has 0 aliphatic carbocycles. The SMILES string of the molecule is C/C=C/c1ncccc1S(N)(=O)=O.CC. The summed E-state index contributed by atoms with van der Waals surface area (Å²) < 4.78 is 22.1. The van der Waals surface area contributed by atoms with E-state index in [1.54, 1.807) is 19.1 Å². The summed E-state index contributed by atoms with van der Waals surface area (Å²) >= 11 is 0. The van der Waals surface area contributed by atoms with Gasteiger partial charge in [0.1, 0.15) is 4.90 Å². The Balaban J connectivity index is 0.000000921. The van der Waals surface area contributed by atoms with Gasteiger partial charge >= 0.3 is 0 Å². The molecule has 84 valence electrons. The topological polar surface area (TPSA) is 73.0 Å². The number of aromatic nitrogens is 1. The largest absolute Gasteiger partial charge is 0.255 e. The molecule has 0 amide bonds. The van der Waals surface area contributed by atoms with Crippen LogP contribution in [0.15, 0.2) is 29.3 Å². The Morgan fingerprint density at radius 3 is 2.47 bits per heavy atom. The van der Waals surface area contributed by atoms with Crippen LogP contribution >= 0.6 is 0 Å². The fourth-order valence-corrected chi connectivity index (χ4v) is 1.61. The predicted molar refractivity (Wildman–Crippen MR) is 61.7 cm³/mol. The van der Waals surface area contributed by atoms with Gasteiger partial charge < -0.3 is 0 Å². The van der Waals surface area contributed by atoms with Gasteiger partial charge in [-0.1, -0.05) is 19.9 Å². The van der Waals surface area contributed by atoms with E-state index in [2.05, 4.69) is 4.98 Å². The van der Waals surface area contributed by atoms with E-state index in [-0.39, 0.29) is 4.90 Å². The van der Waals surface area contributed by atoms with Crippen molar-refractivity contribution < 1.29 is 8.42 Å². The summed E-state index contributed by atoms with van der Waals surface area (Å²) in [6.07, 6.45) is 4.82. The number of rotatable bonds is 2. The quantitative estimate of drug-likeness (QED) is 0.838. The highest BCUT2D eigenvalue weighted by Crippen LogP contribution is 2.11. The van der Waals surface area contributed by atoms with Crippen molar-refractivity contribution in [3.05, 3.63) is 30.1 Å². The molecule has 0 fully saturated rings. The lowest BCUT2D eigenvalue weighted by atomic mass is 10.3. The summed E-state index contributed by atoms with van der Waals surface area (Å²) in [6, 6.07) is 2.96. The molecule has 0 saturated heterocycles. The van der Waals surface area contributed by atoms with Crippen LogP contribution in [0.25, 0.3) is 6.08 Å². The smallest absolute Gasteiger partial charge is 0.240 e. The van der Waals surface area contributed by atoms with Crippen molar-refractivity contribution in [2.75, 3.05) is 0 Å². The van der Waals surface area contributed by atoms with Crippen LogP contribution in [0.2, 0.25) is 0 Å². The molecule has 0 saturated carbocycles. The highest BCUT2D eigenvalue weighted by atomic mass is 32.2. The second kappa shape index (κ2) is 6.31. The minimum Gasteiger partial charge on any atom is -0.255 e. The second-order valence-electron chi connectivity index (χ2n) is 2.43. The molecule has 0 aromatic carbocycles. The van der Waals surface area contributed by atoms with Gasteiger partial charge in [0.15, 0.2) is 0 Å². The molecule has 0 atom stereocenters. The third kappa shape index (κ3) is 4.22. The zero-order chi connectivity index (χ0) is 11.9. The maximum Gasteiger partial charge on any atom is 0.240 e. The number of nitrogens with two attached hydrogens (primary N) is 1. The Morgan fingerprint density at radius 2 is 2.00 bits per heavy atom. The molecule has 1 aromatic heterocycles. The van der Waals surface area contributed by atoms with Gasteiger partial charge in [0.05, 0.1) is 5.69 Å². The Hall–Kier alpha value is -1.20. The van der Waals surface area contributed by atoms with Gasteiger partial charge in [-0.05, 0) is 25.1 Å². The van der Waals surface area contributed by atoms with Gasteiger partial charge in [-0.15, -0.1) is 0 Å². The van der Waals surface area contributed by atoms with E-state index in [4.69, 9.17) is 5.14 Å². The molecule has 2 N–H and O–H groups in total. The van der Waals surface area contributed by atoms with Crippen molar-refractivity contribution in [3.63, 3.8) is 0 Å². The van der Waals surface area contributed by atoms with Gasteiger partial charge in [0, 0.05) is 6.20 Å². The van der Waals surface area contributed by atoms with Crippen LogP contribution in [0.5, 0.6) is 0 Å². The molecule has 0 spiro atoms. The molecule has 1 rings (SSSR count). The van der Waals surface area contributed by atoms with E-state index in [9.17, 15) is 8.42 Å². The molecule has 0 unspecified atom stereocenters. The zero-order valence-electron chi connectivity index (χ0n) is 9.14. The summed E-state index contributed by atoms with van der Waals surface area (Å²) in [4.78, 5) is 3.94. The highest BCUT2D eigenvalue weighted by Gasteiger charge is 2.11. The molecule has 15 heavy (non-hydrogen) atoms. The van der Waals surface area contributed by atoms with Crippen LogP contribution in [0.3, 0.4) is 0 Å². The van der Waals surface area contributed by atoms with Crippen molar-refractivity contribution in [2.24, 2.45) is 5.14 Å². The lowest BCUT2D eigenvalue weighted by Crippen LogP contribution is -2.14. The third-order valence-corrected chi connectivity index (χ3v) is 2.39. The van der Waals surface area contributed by atoms with Gasteiger partial charge in [-0.25, -0.2) is 13.6 Å². The maximum absolute atomic E-state index is 11.0.